The maximum atomic E-state index is 13.4. The maximum absolute atomic E-state index is 13.4. The second kappa shape index (κ2) is 7.33. The van der Waals surface area contributed by atoms with Gasteiger partial charge in [-0.25, -0.2) is 16.8 Å². The molecule has 0 atom stereocenters. The first-order valence-electron chi connectivity index (χ1n) is 9.03. The molecule has 0 radical (unpaired) electrons. The van der Waals surface area contributed by atoms with E-state index in [2.05, 4.69) is 0 Å². The second-order valence-corrected chi connectivity index (χ2v) is 10.6. The monoisotopic (exact) mass is 427 g/mol. The van der Waals surface area contributed by atoms with E-state index in [0.29, 0.717) is 21.9 Å². The number of hydrogen-bond acceptors (Lipinski definition) is 5. The third kappa shape index (κ3) is 3.46. The molecule has 0 fully saturated rings. The highest BCUT2D eigenvalue weighted by atomic mass is 32.3. The van der Waals surface area contributed by atoms with Gasteiger partial charge in [0.2, 0.25) is 0 Å². The molecule has 3 aromatic carbocycles. The van der Waals surface area contributed by atoms with E-state index < -0.39 is 27.0 Å². The molecule has 1 heterocycles. The van der Waals surface area contributed by atoms with E-state index in [1.165, 1.54) is 36.4 Å². The van der Waals surface area contributed by atoms with Gasteiger partial charge in [0.05, 0.1) is 15.5 Å². The number of fused-ring (bicyclic) bond motifs is 1. The molecule has 29 heavy (non-hydrogen) atoms. The van der Waals surface area contributed by atoms with Gasteiger partial charge in [-0.3, -0.25) is 0 Å². The van der Waals surface area contributed by atoms with Crippen LogP contribution in [0.2, 0.25) is 6.32 Å². The Balaban J connectivity index is 1.94. The van der Waals surface area contributed by atoms with Crippen LogP contribution in [0.15, 0.2) is 88.7 Å². The lowest BCUT2D eigenvalue weighted by Gasteiger charge is -2.24. The summed E-state index contributed by atoms with van der Waals surface area (Å²) in [6, 6.07) is 19.5. The molecule has 0 bridgehead atoms. The molecule has 0 aromatic heterocycles. The largest absolute Gasteiger partial charge is 0.446 e. The van der Waals surface area contributed by atoms with Gasteiger partial charge in [0.15, 0.2) is 0 Å². The lowest BCUT2D eigenvalue weighted by atomic mass is 9.63. The maximum Gasteiger partial charge on any atom is 0.324 e. The summed E-state index contributed by atoms with van der Waals surface area (Å²) in [6.45, 7) is -0.621. The van der Waals surface area contributed by atoms with Gasteiger partial charge in [0.1, 0.15) is 0 Å². The van der Waals surface area contributed by atoms with Crippen molar-refractivity contribution in [2.75, 3.05) is 3.71 Å². The Hall–Kier alpha value is -2.62. The molecular weight excluding hydrogens is 409 g/mol. The molecule has 0 aliphatic carbocycles. The fourth-order valence-corrected chi connectivity index (χ4v) is 7.20. The smallest absolute Gasteiger partial charge is 0.324 e. The van der Waals surface area contributed by atoms with Gasteiger partial charge in [0.25, 0.3) is 20.0 Å². The number of rotatable bonds is 5. The number of benzene rings is 3. The first-order valence-corrected chi connectivity index (χ1v) is 11.9. The van der Waals surface area contributed by atoms with Crippen molar-refractivity contribution in [1.82, 2.24) is 0 Å². The minimum absolute atomic E-state index is 0.0190. The van der Waals surface area contributed by atoms with Crippen LogP contribution in [-0.4, -0.2) is 28.8 Å². The van der Waals surface area contributed by atoms with Crippen LogP contribution in [0, 0.1) is 0 Å². The van der Waals surface area contributed by atoms with Gasteiger partial charge in [-0.2, -0.15) is 3.71 Å². The van der Waals surface area contributed by atoms with Crippen molar-refractivity contribution >= 4 is 38.1 Å². The summed E-state index contributed by atoms with van der Waals surface area (Å²) in [7, 11) is -8.82. The molecule has 148 valence electrons. The van der Waals surface area contributed by atoms with E-state index in [9.17, 15) is 21.9 Å². The molecule has 3 aromatic rings. The van der Waals surface area contributed by atoms with Crippen molar-refractivity contribution in [3.63, 3.8) is 0 Å². The molecule has 0 unspecified atom stereocenters. The summed E-state index contributed by atoms with van der Waals surface area (Å²) in [5.41, 5.74) is 1.46. The molecule has 6 nitrogen and oxygen atoms in total. The van der Waals surface area contributed by atoms with E-state index in [0.717, 1.165) is 5.56 Å². The summed E-state index contributed by atoms with van der Waals surface area (Å²) in [5.74, 6) is 0. The Morgan fingerprint density at radius 3 is 1.79 bits per heavy atom. The van der Waals surface area contributed by atoms with E-state index >= 15 is 0 Å². The standard InChI is InChI=1S/C20H18BNO5S2/c23-21-14-13-16-15-17(11-12-20(16)21)22(28(24,25)18-7-3-1-4-8-18)29(26,27)19-9-5-2-6-10-19/h1-12,15,23H,13-14H2. The van der Waals surface area contributed by atoms with Crippen molar-refractivity contribution in [1.29, 1.82) is 0 Å². The highest BCUT2D eigenvalue weighted by Crippen LogP contribution is 2.32. The van der Waals surface area contributed by atoms with Crippen LogP contribution in [0.4, 0.5) is 5.69 Å². The Morgan fingerprint density at radius 2 is 1.28 bits per heavy atom. The number of nitrogens with zero attached hydrogens (tertiary/aromatic N) is 1. The van der Waals surface area contributed by atoms with Crippen LogP contribution >= 0.6 is 0 Å². The van der Waals surface area contributed by atoms with Crippen LogP contribution in [0.25, 0.3) is 0 Å². The zero-order valence-corrected chi connectivity index (χ0v) is 17.0. The highest BCUT2D eigenvalue weighted by molar-refractivity contribution is 8.10. The van der Waals surface area contributed by atoms with E-state index in [1.54, 1.807) is 42.5 Å². The van der Waals surface area contributed by atoms with Crippen molar-refractivity contribution in [3.05, 3.63) is 84.4 Å². The van der Waals surface area contributed by atoms with Crippen LogP contribution in [0.3, 0.4) is 0 Å². The molecule has 0 saturated heterocycles. The molecule has 4 rings (SSSR count). The topological polar surface area (TPSA) is 91.8 Å². The zero-order valence-electron chi connectivity index (χ0n) is 15.3. The molecule has 0 spiro atoms. The second-order valence-electron chi connectivity index (χ2n) is 6.77. The summed E-state index contributed by atoms with van der Waals surface area (Å²) >= 11 is 0. The normalized spacial score (nSPS) is 13.9. The molecule has 0 saturated carbocycles. The third-order valence-electron chi connectivity index (χ3n) is 4.90. The predicted molar refractivity (Wildman–Crippen MR) is 112 cm³/mol. The van der Waals surface area contributed by atoms with Gasteiger partial charge < -0.3 is 5.02 Å². The molecule has 0 amide bonds. The van der Waals surface area contributed by atoms with E-state index in [1.807, 2.05) is 0 Å². The van der Waals surface area contributed by atoms with Crippen LogP contribution in [0.1, 0.15) is 5.56 Å². The van der Waals surface area contributed by atoms with Gasteiger partial charge in [0, 0.05) is 0 Å². The zero-order chi connectivity index (χ0) is 20.6. The van der Waals surface area contributed by atoms with Crippen molar-refractivity contribution < 1.29 is 21.9 Å². The number of sulfonamides is 2. The van der Waals surface area contributed by atoms with Crippen molar-refractivity contribution in [3.8, 4) is 0 Å². The summed E-state index contributed by atoms with van der Waals surface area (Å²) in [6.07, 6.45) is 1.07. The van der Waals surface area contributed by atoms with Gasteiger partial charge in [-0.05, 0) is 60.2 Å². The lowest BCUT2D eigenvalue weighted by Crippen LogP contribution is -2.37. The SMILES string of the molecule is O=S(=O)(c1ccccc1)N(c1ccc2c(c1)CCB2O)S(=O)(=O)c1ccccc1. The summed E-state index contributed by atoms with van der Waals surface area (Å²) in [4.78, 5) is -0.250. The Morgan fingerprint density at radius 1 is 0.759 bits per heavy atom. The van der Waals surface area contributed by atoms with Crippen LogP contribution in [-0.2, 0) is 26.5 Å². The highest BCUT2D eigenvalue weighted by Gasteiger charge is 2.38. The average molecular weight is 427 g/mol. The number of hydrogen-bond donors (Lipinski definition) is 1. The summed E-state index contributed by atoms with van der Waals surface area (Å²) in [5, 5.41) is 10.0. The van der Waals surface area contributed by atoms with E-state index in [-0.39, 0.29) is 15.5 Å². The fourth-order valence-electron chi connectivity index (χ4n) is 3.48. The first kappa shape index (κ1) is 19.7. The Labute approximate surface area is 170 Å². The van der Waals surface area contributed by atoms with Gasteiger partial charge >= 0.3 is 6.92 Å². The molecule has 1 aliphatic rings. The molecular formula is C20H18BNO5S2. The lowest BCUT2D eigenvalue weighted by molar-refractivity contribution is 0.583. The predicted octanol–water partition coefficient (Wildman–Crippen LogP) is 2.02. The van der Waals surface area contributed by atoms with Crippen LogP contribution < -0.4 is 9.17 Å². The van der Waals surface area contributed by atoms with Gasteiger partial charge in [-0.15, -0.1) is 0 Å². The Bertz CT molecular complexity index is 1180. The van der Waals surface area contributed by atoms with Crippen molar-refractivity contribution in [2.45, 2.75) is 22.5 Å². The quantitative estimate of drug-likeness (QED) is 0.629. The number of anilines is 1. The Kier molecular flexibility index (Phi) is 4.98. The van der Waals surface area contributed by atoms with Crippen molar-refractivity contribution in [2.24, 2.45) is 0 Å². The first-order chi connectivity index (χ1) is 13.8. The third-order valence-corrected chi connectivity index (χ3v) is 9.11. The van der Waals surface area contributed by atoms with E-state index in [4.69, 9.17) is 0 Å². The minimum Gasteiger partial charge on any atom is -0.446 e. The minimum atomic E-state index is -4.41. The fraction of sp³-hybridized carbons (Fsp3) is 0.100. The number of aryl methyl sites for hydroxylation is 1. The van der Waals surface area contributed by atoms with Gasteiger partial charge in [-0.1, -0.05) is 42.5 Å². The molecule has 1 N–H and O–H groups in total. The molecule has 1 aliphatic heterocycles. The average Bonchev–Trinajstić information content (AvgIpc) is 3.09. The van der Waals surface area contributed by atoms with Crippen LogP contribution in [0.5, 0.6) is 0 Å². The molecule has 9 heteroatoms. The summed E-state index contributed by atoms with van der Waals surface area (Å²) < 4.78 is 54.1.